The Morgan fingerprint density at radius 1 is 1.24 bits per heavy atom. The fourth-order valence-electron chi connectivity index (χ4n) is 2.68. The highest BCUT2D eigenvalue weighted by atomic mass is 16.5. The highest BCUT2D eigenvalue weighted by Crippen LogP contribution is 2.37. The summed E-state index contributed by atoms with van der Waals surface area (Å²) in [6.45, 7) is 9.89. The van der Waals surface area contributed by atoms with Gasteiger partial charge in [-0.3, -0.25) is 4.79 Å². The molecule has 0 N–H and O–H groups in total. The molecule has 1 aromatic heterocycles. The molecule has 5 heteroatoms. The number of benzene rings is 1. The maximum absolute atomic E-state index is 11.9. The van der Waals surface area contributed by atoms with Crippen molar-refractivity contribution in [3.05, 3.63) is 52.4 Å². The van der Waals surface area contributed by atoms with Crippen molar-refractivity contribution in [2.45, 2.75) is 33.1 Å². The normalized spacial score (nSPS) is 12.2. The topological polar surface area (TPSA) is 65.7 Å². The molecule has 0 radical (unpaired) electrons. The molecule has 0 aliphatic carbocycles. The average Bonchev–Trinajstić information content (AvgIpc) is 2.54. The average molecular weight is 344 g/mol. The molecular weight excluding hydrogens is 320 g/mol. The van der Waals surface area contributed by atoms with E-state index < -0.39 is 5.63 Å². The number of esters is 1. The number of hydrogen-bond acceptors (Lipinski definition) is 5. The van der Waals surface area contributed by atoms with Crippen molar-refractivity contribution in [1.29, 1.82) is 0 Å². The zero-order valence-corrected chi connectivity index (χ0v) is 15.1. The Labute approximate surface area is 147 Å². The van der Waals surface area contributed by atoms with Gasteiger partial charge in [0, 0.05) is 29.4 Å². The maximum atomic E-state index is 11.9. The van der Waals surface area contributed by atoms with Crippen LogP contribution < -0.4 is 10.4 Å². The van der Waals surface area contributed by atoms with Gasteiger partial charge in [0.25, 0.3) is 0 Å². The molecule has 134 valence electrons. The van der Waals surface area contributed by atoms with Gasteiger partial charge in [0.05, 0.1) is 7.11 Å². The summed E-state index contributed by atoms with van der Waals surface area (Å²) < 4.78 is 16.3. The Balaban J connectivity index is 2.46. The van der Waals surface area contributed by atoms with Crippen LogP contribution in [-0.2, 0) is 9.53 Å². The number of fused-ring (bicyclic) bond motifs is 1. The van der Waals surface area contributed by atoms with Crippen molar-refractivity contribution >= 4 is 16.9 Å². The molecule has 25 heavy (non-hydrogen) atoms. The third kappa shape index (κ3) is 4.50. The van der Waals surface area contributed by atoms with Gasteiger partial charge in [-0.15, -0.1) is 0 Å². The number of carbonyl (C=O) groups excluding carboxylic acids is 1. The van der Waals surface area contributed by atoms with Crippen molar-refractivity contribution in [1.82, 2.24) is 0 Å². The second-order valence-electron chi connectivity index (χ2n) is 6.53. The van der Waals surface area contributed by atoms with Crippen LogP contribution in [0.3, 0.4) is 0 Å². The molecule has 1 aromatic carbocycles. The lowest BCUT2D eigenvalue weighted by Crippen LogP contribution is -2.16. The molecule has 5 nitrogen and oxygen atoms in total. The minimum Gasteiger partial charge on any atom is -0.496 e. The first-order valence-electron chi connectivity index (χ1n) is 8.25. The predicted octanol–water partition coefficient (Wildman–Crippen LogP) is 4.05. The van der Waals surface area contributed by atoms with E-state index in [1.165, 1.54) is 6.07 Å². The Morgan fingerprint density at radius 2 is 1.92 bits per heavy atom. The third-order valence-corrected chi connectivity index (χ3v) is 3.94. The molecule has 2 rings (SSSR count). The van der Waals surface area contributed by atoms with Crippen LogP contribution in [0.15, 0.2) is 45.6 Å². The quantitative estimate of drug-likeness (QED) is 0.431. The Morgan fingerprint density at radius 3 is 2.52 bits per heavy atom. The van der Waals surface area contributed by atoms with E-state index in [0.29, 0.717) is 23.3 Å². The smallest absolute Gasteiger partial charge is 0.336 e. The summed E-state index contributed by atoms with van der Waals surface area (Å²) in [6.07, 6.45) is 0.352. The molecule has 2 aromatic rings. The molecule has 0 spiro atoms. The van der Waals surface area contributed by atoms with Crippen LogP contribution in [0.1, 0.15) is 38.7 Å². The molecule has 1 heterocycles. The molecule has 1 unspecified atom stereocenters. The van der Waals surface area contributed by atoms with Crippen LogP contribution in [0.4, 0.5) is 0 Å². The predicted molar refractivity (Wildman–Crippen MR) is 97.0 cm³/mol. The van der Waals surface area contributed by atoms with Crippen molar-refractivity contribution in [3.63, 3.8) is 0 Å². The van der Waals surface area contributed by atoms with E-state index in [-0.39, 0.29) is 24.4 Å². The summed E-state index contributed by atoms with van der Waals surface area (Å²) in [4.78, 5) is 23.6. The van der Waals surface area contributed by atoms with Crippen molar-refractivity contribution < 1.29 is 18.7 Å². The lowest BCUT2D eigenvalue weighted by atomic mass is 9.91. The van der Waals surface area contributed by atoms with Crippen molar-refractivity contribution in [2.24, 2.45) is 5.92 Å². The van der Waals surface area contributed by atoms with Gasteiger partial charge in [-0.25, -0.2) is 4.79 Å². The van der Waals surface area contributed by atoms with Crippen LogP contribution in [0.5, 0.6) is 5.75 Å². The minimum atomic E-state index is -0.445. The van der Waals surface area contributed by atoms with E-state index >= 15 is 0 Å². The van der Waals surface area contributed by atoms with E-state index in [2.05, 4.69) is 6.58 Å². The van der Waals surface area contributed by atoms with E-state index in [1.807, 2.05) is 32.9 Å². The summed E-state index contributed by atoms with van der Waals surface area (Å²) >= 11 is 0. The molecule has 0 aliphatic rings. The van der Waals surface area contributed by atoms with Gasteiger partial charge in [-0.1, -0.05) is 26.0 Å². The molecule has 0 bridgehead atoms. The van der Waals surface area contributed by atoms with Crippen LogP contribution in [-0.4, -0.2) is 19.7 Å². The van der Waals surface area contributed by atoms with Crippen LogP contribution in [0.2, 0.25) is 0 Å². The van der Waals surface area contributed by atoms with Crippen molar-refractivity contribution in [3.8, 4) is 5.75 Å². The molecule has 0 saturated carbocycles. The lowest BCUT2D eigenvalue weighted by molar-refractivity contribution is -0.144. The first-order valence-corrected chi connectivity index (χ1v) is 8.25. The fourth-order valence-corrected chi connectivity index (χ4v) is 2.68. The van der Waals surface area contributed by atoms with Gasteiger partial charge >= 0.3 is 11.6 Å². The van der Waals surface area contributed by atoms with Gasteiger partial charge in [0.1, 0.15) is 17.9 Å². The number of ether oxygens (including phenoxy) is 2. The molecule has 0 fully saturated rings. The molecule has 0 saturated heterocycles. The second kappa shape index (κ2) is 8.01. The molecule has 0 aliphatic heterocycles. The molecule has 0 amide bonds. The second-order valence-corrected chi connectivity index (χ2v) is 6.53. The minimum absolute atomic E-state index is 0.120. The van der Waals surface area contributed by atoms with E-state index in [1.54, 1.807) is 13.2 Å². The van der Waals surface area contributed by atoms with Gasteiger partial charge in [-0.2, -0.15) is 0 Å². The summed E-state index contributed by atoms with van der Waals surface area (Å²) in [6, 6.07) is 6.70. The van der Waals surface area contributed by atoms with E-state index in [0.717, 1.165) is 11.0 Å². The van der Waals surface area contributed by atoms with Crippen molar-refractivity contribution in [2.75, 3.05) is 13.7 Å². The summed E-state index contributed by atoms with van der Waals surface area (Å²) in [5, 5.41) is 0.773. The lowest BCUT2D eigenvalue weighted by Gasteiger charge is -2.21. The number of methoxy groups -OCH3 is 1. The van der Waals surface area contributed by atoms with Crippen LogP contribution >= 0.6 is 0 Å². The zero-order valence-electron chi connectivity index (χ0n) is 15.1. The van der Waals surface area contributed by atoms with Gasteiger partial charge in [-0.05, 0) is 31.0 Å². The summed E-state index contributed by atoms with van der Waals surface area (Å²) in [5.74, 6) is 0.192. The third-order valence-electron chi connectivity index (χ3n) is 3.94. The van der Waals surface area contributed by atoms with Gasteiger partial charge < -0.3 is 13.9 Å². The monoisotopic (exact) mass is 344 g/mol. The number of rotatable bonds is 7. The number of carbonyl (C=O) groups is 1. The first kappa shape index (κ1) is 18.8. The fraction of sp³-hybridized carbons (Fsp3) is 0.400. The highest BCUT2D eigenvalue weighted by molar-refractivity contribution is 5.83. The van der Waals surface area contributed by atoms with Crippen LogP contribution in [0.25, 0.3) is 11.0 Å². The largest absolute Gasteiger partial charge is 0.496 e. The maximum Gasteiger partial charge on any atom is 0.336 e. The molecule has 1 atom stereocenters. The van der Waals surface area contributed by atoms with Gasteiger partial charge in [0.15, 0.2) is 0 Å². The Hall–Kier alpha value is -2.56. The Bertz CT molecular complexity index is 832. The van der Waals surface area contributed by atoms with E-state index in [4.69, 9.17) is 13.9 Å². The van der Waals surface area contributed by atoms with Gasteiger partial charge in [0.2, 0.25) is 0 Å². The standard InChI is InChI=1S/C20H24O5/c1-12(2)10-18(22)24-11-15(13(3)4)19-16(23-5)8-6-14-7-9-17(21)25-20(14)19/h6-9,12,15H,3,10-11H2,1-2,4-5H3. The summed E-state index contributed by atoms with van der Waals surface area (Å²) in [5.41, 5.74) is 1.44. The van der Waals surface area contributed by atoms with Crippen LogP contribution in [0, 0.1) is 5.92 Å². The zero-order chi connectivity index (χ0) is 18.6. The highest BCUT2D eigenvalue weighted by Gasteiger charge is 2.24. The molecular formula is C20H24O5. The summed E-state index contributed by atoms with van der Waals surface area (Å²) in [7, 11) is 1.55. The number of hydrogen-bond donors (Lipinski definition) is 0. The SMILES string of the molecule is C=C(C)C(COC(=O)CC(C)C)c1c(OC)ccc2ccc(=O)oc12. The van der Waals surface area contributed by atoms with E-state index in [9.17, 15) is 9.59 Å². The first-order chi connectivity index (χ1) is 11.8. The Kier molecular flexibility index (Phi) is 6.02.